The third-order valence-electron chi connectivity index (χ3n) is 2.97. The molecule has 0 aromatic carbocycles. The van der Waals surface area contributed by atoms with Gasteiger partial charge in [-0.3, -0.25) is 4.68 Å². The quantitative estimate of drug-likeness (QED) is 0.760. The van der Waals surface area contributed by atoms with E-state index in [1.165, 1.54) is 19.3 Å². The molecule has 1 heterocycles. The van der Waals surface area contributed by atoms with Gasteiger partial charge in [0.1, 0.15) is 0 Å². The Labute approximate surface area is 84.5 Å². The largest absolute Gasteiger partial charge is 0.328 e. The van der Waals surface area contributed by atoms with Crippen molar-refractivity contribution in [3.63, 3.8) is 0 Å². The van der Waals surface area contributed by atoms with Crippen LogP contribution in [0.25, 0.3) is 0 Å². The van der Waals surface area contributed by atoms with Gasteiger partial charge in [-0.2, -0.15) is 0 Å². The van der Waals surface area contributed by atoms with Gasteiger partial charge in [-0.15, -0.1) is 5.10 Å². The maximum atomic E-state index is 5.94. The lowest BCUT2D eigenvalue weighted by atomic mass is 9.83. The van der Waals surface area contributed by atoms with Gasteiger partial charge in [0.05, 0.1) is 5.69 Å². The molecule has 2 rings (SSSR count). The first-order valence-corrected chi connectivity index (χ1v) is 5.35. The summed E-state index contributed by atoms with van der Waals surface area (Å²) in [6.07, 6.45) is 7.95. The van der Waals surface area contributed by atoms with Crippen LogP contribution in [0, 0.1) is 5.92 Å². The van der Waals surface area contributed by atoms with E-state index in [2.05, 4.69) is 10.3 Å². The predicted octanol–water partition coefficient (Wildman–Crippen LogP) is 0.875. The van der Waals surface area contributed by atoms with Gasteiger partial charge in [-0.05, 0) is 31.6 Å². The fourth-order valence-electron chi connectivity index (χ4n) is 2.30. The highest BCUT2D eigenvalue weighted by Crippen LogP contribution is 2.25. The summed E-state index contributed by atoms with van der Waals surface area (Å²) in [5.41, 5.74) is 7.05. The van der Waals surface area contributed by atoms with E-state index >= 15 is 0 Å². The van der Waals surface area contributed by atoms with Gasteiger partial charge in [-0.25, -0.2) is 0 Å². The van der Waals surface area contributed by atoms with Gasteiger partial charge in [0.15, 0.2) is 0 Å². The lowest BCUT2D eigenvalue weighted by Crippen LogP contribution is -2.28. The molecular formula is C10H18N4. The van der Waals surface area contributed by atoms with E-state index in [0.717, 1.165) is 24.5 Å². The number of aryl methyl sites for hydroxylation is 1. The first-order valence-electron chi connectivity index (χ1n) is 5.35. The highest BCUT2D eigenvalue weighted by molar-refractivity contribution is 4.95. The highest BCUT2D eigenvalue weighted by atomic mass is 15.4. The van der Waals surface area contributed by atoms with Gasteiger partial charge < -0.3 is 5.73 Å². The molecule has 1 fully saturated rings. The molecule has 0 saturated heterocycles. The average Bonchev–Trinajstić information content (AvgIpc) is 2.51. The number of hydrogen-bond acceptors (Lipinski definition) is 3. The van der Waals surface area contributed by atoms with E-state index in [1.54, 1.807) is 4.68 Å². The fourth-order valence-corrected chi connectivity index (χ4v) is 2.30. The minimum Gasteiger partial charge on any atom is -0.328 e. The monoisotopic (exact) mass is 194 g/mol. The fraction of sp³-hybridized carbons (Fsp3) is 0.800. The third kappa shape index (κ3) is 2.32. The second kappa shape index (κ2) is 4.09. The summed E-state index contributed by atoms with van der Waals surface area (Å²) in [6.45, 7) is 0. The molecule has 1 aromatic rings. The summed E-state index contributed by atoms with van der Waals surface area (Å²) in [5.74, 6) is 0.718. The van der Waals surface area contributed by atoms with Crippen LogP contribution in [-0.2, 0) is 13.5 Å². The molecule has 78 valence electrons. The molecule has 0 spiro atoms. The van der Waals surface area contributed by atoms with E-state index < -0.39 is 0 Å². The molecule has 0 bridgehead atoms. The number of nitrogens with two attached hydrogens (primary N) is 1. The van der Waals surface area contributed by atoms with E-state index in [9.17, 15) is 0 Å². The van der Waals surface area contributed by atoms with Crippen molar-refractivity contribution >= 4 is 0 Å². The van der Waals surface area contributed by atoms with Gasteiger partial charge in [0.25, 0.3) is 0 Å². The molecule has 0 aliphatic heterocycles. The molecule has 1 aliphatic rings. The first-order chi connectivity index (χ1) is 6.74. The van der Waals surface area contributed by atoms with E-state index in [4.69, 9.17) is 5.73 Å². The molecule has 1 aromatic heterocycles. The van der Waals surface area contributed by atoms with Gasteiger partial charge >= 0.3 is 0 Å². The van der Waals surface area contributed by atoms with Crippen LogP contribution < -0.4 is 5.73 Å². The molecule has 2 unspecified atom stereocenters. The molecule has 1 aliphatic carbocycles. The van der Waals surface area contributed by atoms with Crippen molar-refractivity contribution in [3.05, 3.63) is 11.9 Å². The molecular weight excluding hydrogens is 176 g/mol. The van der Waals surface area contributed by atoms with Crippen molar-refractivity contribution < 1.29 is 0 Å². The Morgan fingerprint density at radius 1 is 1.57 bits per heavy atom. The van der Waals surface area contributed by atoms with Crippen LogP contribution in [0.15, 0.2) is 6.20 Å². The number of rotatable bonds is 2. The summed E-state index contributed by atoms with van der Waals surface area (Å²) in [6, 6.07) is 0.408. The summed E-state index contributed by atoms with van der Waals surface area (Å²) in [5, 5.41) is 8.04. The molecule has 4 heteroatoms. The highest BCUT2D eigenvalue weighted by Gasteiger charge is 2.20. The van der Waals surface area contributed by atoms with Crippen LogP contribution >= 0.6 is 0 Å². The van der Waals surface area contributed by atoms with Crippen molar-refractivity contribution in [2.24, 2.45) is 18.7 Å². The Kier molecular flexibility index (Phi) is 2.82. The van der Waals surface area contributed by atoms with E-state index in [0.29, 0.717) is 6.04 Å². The predicted molar refractivity (Wildman–Crippen MR) is 54.6 cm³/mol. The average molecular weight is 194 g/mol. The zero-order valence-corrected chi connectivity index (χ0v) is 8.69. The van der Waals surface area contributed by atoms with Crippen molar-refractivity contribution in [2.75, 3.05) is 0 Å². The van der Waals surface area contributed by atoms with Gasteiger partial charge in [0, 0.05) is 19.3 Å². The molecule has 0 radical (unpaired) electrons. The van der Waals surface area contributed by atoms with Crippen LogP contribution in [0.5, 0.6) is 0 Å². The first kappa shape index (κ1) is 9.65. The van der Waals surface area contributed by atoms with Crippen LogP contribution in [0.1, 0.15) is 31.4 Å². The maximum Gasteiger partial charge on any atom is 0.0829 e. The van der Waals surface area contributed by atoms with E-state index in [-0.39, 0.29) is 0 Å². The molecule has 1 saturated carbocycles. The zero-order valence-electron chi connectivity index (χ0n) is 8.69. The normalized spacial score (nSPS) is 27.9. The van der Waals surface area contributed by atoms with Crippen molar-refractivity contribution in [1.29, 1.82) is 0 Å². The molecule has 14 heavy (non-hydrogen) atoms. The molecule has 0 amide bonds. The Balaban J connectivity index is 1.90. The molecule has 2 N–H and O–H groups in total. The number of nitrogens with zero attached hydrogens (tertiary/aromatic N) is 3. The van der Waals surface area contributed by atoms with Crippen molar-refractivity contribution in [1.82, 2.24) is 15.0 Å². The van der Waals surface area contributed by atoms with Crippen molar-refractivity contribution in [2.45, 2.75) is 38.1 Å². The Morgan fingerprint density at radius 2 is 2.43 bits per heavy atom. The second-order valence-electron chi connectivity index (χ2n) is 4.38. The van der Waals surface area contributed by atoms with Crippen LogP contribution in [0.3, 0.4) is 0 Å². The van der Waals surface area contributed by atoms with Gasteiger partial charge in [0.2, 0.25) is 0 Å². The minimum atomic E-state index is 0.408. The molecule has 2 atom stereocenters. The Hall–Kier alpha value is -0.900. The summed E-state index contributed by atoms with van der Waals surface area (Å²) < 4.78 is 1.76. The third-order valence-corrected chi connectivity index (χ3v) is 2.97. The maximum absolute atomic E-state index is 5.94. The lowest BCUT2D eigenvalue weighted by molar-refractivity contribution is 0.319. The number of aromatic nitrogens is 3. The summed E-state index contributed by atoms with van der Waals surface area (Å²) in [4.78, 5) is 0. The van der Waals surface area contributed by atoms with Crippen LogP contribution in [0.2, 0.25) is 0 Å². The topological polar surface area (TPSA) is 56.7 Å². The Morgan fingerprint density at radius 3 is 3.07 bits per heavy atom. The lowest BCUT2D eigenvalue weighted by Gasteiger charge is -2.25. The van der Waals surface area contributed by atoms with Crippen LogP contribution in [-0.4, -0.2) is 21.0 Å². The van der Waals surface area contributed by atoms with Crippen molar-refractivity contribution in [3.8, 4) is 0 Å². The smallest absolute Gasteiger partial charge is 0.0829 e. The zero-order chi connectivity index (χ0) is 9.97. The standard InChI is InChI=1S/C10H18N4/c1-14-7-10(12-13-14)6-8-3-2-4-9(11)5-8/h7-9H,2-6,11H2,1H3. The van der Waals surface area contributed by atoms with Crippen LogP contribution in [0.4, 0.5) is 0 Å². The molecule has 4 nitrogen and oxygen atoms in total. The summed E-state index contributed by atoms with van der Waals surface area (Å²) >= 11 is 0. The summed E-state index contributed by atoms with van der Waals surface area (Å²) in [7, 11) is 1.91. The second-order valence-corrected chi connectivity index (χ2v) is 4.38. The SMILES string of the molecule is Cn1cc(CC2CCCC(N)C2)nn1. The van der Waals surface area contributed by atoms with Gasteiger partial charge in [-0.1, -0.05) is 11.6 Å². The number of hydrogen-bond donors (Lipinski definition) is 1. The minimum absolute atomic E-state index is 0.408. The van der Waals surface area contributed by atoms with E-state index in [1.807, 2.05) is 13.2 Å². The Bertz CT molecular complexity index is 294.